The highest BCUT2D eigenvalue weighted by Crippen LogP contribution is 2.30. The van der Waals surface area contributed by atoms with Crippen molar-refractivity contribution in [3.63, 3.8) is 0 Å². The quantitative estimate of drug-likeness (QED) is 0.685. The van der Waals surface area contributed by atoms with E-state index in [0.29, 0.717) is 0 Å². The van der Waals surface area contributed by atoms with Crippen LogP contribution in [0.1, 0.15) is 39.5 Å². The van der Waals surface area contributed by atoms with Gasteiger partial charge in [0.15, 0.2) is 0 Å². The number of carboxylic acid groups (broad SMARTS) is 1. The molecule has 6 heteroatoms. The number of nitrogens with two attached hydrogens (primary N) is 1. The molecular weight excluding hydrogens is 223 g/mol. The smallest absolute Gasteiger partial charge is 0.475 e. The van der Waals surface area contributed by atoms with Crippen molar-refractivity contribution >= 4 is 5.97 Å². The van der Waals surface area contributed by atoms with Crippen LogP contribution in [-0.4, -0.2) is 22.8 Å². The molecule has 0 radical (unpaired) electrons. The molecule has 0 aromatic rings. The van der Waals surface area contributed by atoms with Crippen molar-refractivity contribution in [3.8, 4) is 0 Å². The van der Waals surface area contributed by atoms with Gasteiger partial charge in [-0.3, -0.25) is 0 Å². The van der Waals surface area contributed by atoms with Crippen molar-refractivity contribution in [1.29, 1.82) is 0 Å². The Balaban J connectivity index is 0.000000293. The Labute approximate surface area is 92.8 Å². The van der Waals surface area contributed by atoms with Crippen molar-refractivity contribution < 1.29 is 23.1 Å². The summed E-state index contributed by atoms with van der Waals surface area (Å²) in [6.07, 6.45) is 0.173. The Morgan fingerprint density at radius 2 is 1.88 bits per heavy atom. The second kappa shape index (κ2) is 5.52. The number of carbonyl (C=O) groups is 1. The highest BCUT2D eigenvalue weighted by Gasteiger charge is 2.38. The van der Waals surface area contributed by atoms with Gasteiger partial charge in [-0.15, -0.1) is 0 Å². The third-order valence-electron chi connectivity index (χ3n) is 2.97. The maximum absolute atomic E-state index is 10.6. The van der Waals surface area contributed by atoms with Crippen LogP contribution in [0.4, 0.5) is 13.2 Å². The monoisotopic (exact) mass is 241 g/mol. The molecule has 0 heterocycles. The van der Waals surface area contributed by atoms with Gasteiger partial charge in [0.25, 0.3) is 0 Å². The highest BCUT2D eigenvalue weighted by molar-refractivity contribution is 5.73. The molecule has 1 saturated carbocycles. The van der Waals surface area contributed by atoms with E-state index >= 15 is 0 Å². The molecule has 0 spiro atoms. The van der Waals surface area contributed by atoms with E-state index in [-0.39, 0.29) is 5.54 Å². The van der Waals surface area contributed by atoms with Gasteiger partial charge in [0, 0.05) is 5.54 Å². The predicted molar refractivity (Wildman–Crippen MR) is 53.9 cm³/mol. The van der Waals surface area contributed by atoms with Gasteiger partial charge in [0.1, 0.15) is 0 Å². The summed E-state index contributed by atoms with van der Waals surface area (Å²) in [6.45, 7) is 4.44. The fraction of sp³-hybridized carbons (Fsp3) is 0.900. The van der Waals surface area contributed by atoms with Gasteiger partial charge in [-0.1, -0.05) is 19.8 Å². The van der Waals surface area contributed by atoms with Crippen molar-refractivity contribution in [2.45, 2.75) is 51.2 Å². The minimum Gasteiger partial charge on any atom is -0.475 e. The minimum absolute atomic E-state index is 0.137. The van der Waals surface area contributed by atoms with Crippen LogP contribution in [0.15, 0.2) is 0 Å². The first kappa shape index (κ1) is 15.2. The standard InChI is InChI=1S/C8H17N.C2HF3O2/c1-7-5-3-4-6-8(7,2)9;3-2(4,5)1(6)7/h7H,3-6,9H2,1-2H3;(H,6,7). The van der Waals surface area contributed by atoms with Crippen LogP contribution in [0, 0.1) is 5.92 Å². The molecule has 1 aliphatic carbocycles. The first-order chi connectivity index (χ1) is 7.07. The number of carboxylic acids is 1. The molecule has 0 aromatic heterocycles. The predicted octanol–water partition coefficient (Wildman–Crippen LogP) is 2.55. The van der Waals surface area contributed by atoms with Gasteiger partial charge in [-0.05, 0) is 25.7 Å². The molecule has 3 N–H and O–H groups in total. The highest BCUT2D eigenvalue weighted by atomic mass is 19.4. The molecule has 1 aliphatic rings. The Hall–Kier alpha value is -0.780. The number of rotatable bonds is 0. The number of halogens is 3. The van der Waals surface area contributed by atoms with Crippen LogP contribution in [-0.2, 0) is 4.79 Å². The summed E-state index contributed by atoms with van der Waals surface area (Å²) in [5.41, 5.74) is 6.16. The first-order valence-corrected chi connectivity index (χ1v) is 5.16. The molecule has 3 nitrogen and oxygen atoms in total. The average Bonchev–Trinajstić information content (AvgIpc) is 2.09. The largest absolute Gasteiger partial charge is 0.490 e. The molecule has 2 atom stereocenters. The van der Waals surface area contributed by atoms with E-state index in [2.05, 4.69) is 13.8 Å². The van der Waals surface area contributed by atoms with Gasteiger partial charge in [0.2, 0.25) is 0 Å². The summed E-state index contributed by atoms with van der Waals surface area (Å²) in [7, 11) is 0. The zero-order chi connectivity index (χ0) is 13.0. The molecule has 0 aliphatic heterocycles. The second-order valence-corrected chi connectivity index (χ2v) is 4.46. The summed E-state index contributed by atoms with van der Waals surface area (Å²) < 4.78 is 31.7. The molecule has 1 fully saturated rings. The first-order valence-electron chi connectivity index (χ1n) is 5.16. The zero-order valence-corrected chi connectivity index (χ0v) is 9.47. The van der Waals surface area contributed by atoms with Crippen LogP contribution >= 0.6 is 0 Å². The third-order valence-corrected chi connectivity index (χ3v) is 2.97. The molecule has 1 rings (SSSR count). The lowest BCUT2D eigenvalue weighted by atomic mass is 9.76. The van der Waals surface area contributed by atoms with E-state index in [1.807, 2.05) is 0 Å². The second-order valence-electron chi connectivity index (χ2n) is 4.46. The third kappa shape index (κ3) is 5.34. The molecular formula is C10H18F3NO2. The van der Waals surface area contributed by atoms with Crippen LogP contribution < -0.4 is 5.73 Å². The van der Waals surface area contributed by atoms with Gasteiger partial charge in [0.05, 0.1) is 0 Å². The SMILES string of the molecule is CC1CCCCC1(C)N.O=C(O)C(F)(F)F. The summed E-state index contributed by atoms with van der Waals surface area (Å²) in [4.78, 5) is 8.90. The van der Waals surface area contributed by atoms with E-state index in [4.69, 9.17) is 15.6 Å². The summed E-state index contributed by atoms with van der Waals surface area (Å²) in [5.74, 6) is -2.03. The summed E-state index contributed by atoms with van der Waals surface area (Å²) in [6, 6.07) is 0. The van der Waals surface area contributed by atoms with E-state index in [9.17, 15) is 13.2 Å². The average molecular weight is 241 g/mol. The molecule has 0 amide bonds. The van der Waals surface area contributed by atoms with E-state index in [1.54, 1.807) is 0 Å². The van der Waals surface area contributed by atoms with Crippen LogP contribution in [0.3, 0.4) is 0 Å². The molecule has 96 valence electrons. The number of hydrogen-bond acceptors (Lipinski definition) is 2. The minimum atomic E-state index is -5.08. The normalized spacial score (nSPS) is 30.2. The van der Waals surface area contributed by atoms with Crippen LogP contribution in [0.2, 0.25) is 0 Å². The van der Waals surface area contributed by atoms with Gasteiger partial charge in [-0.25, -0.2) is 4.79 Å². The van der Waals surface area contributed by atoms with Crippen molar-refractivity contribution in [2.75, 3.05) is 0 Å². The van der Waals surface area contributed by atoms with Gasteiger partial charge < -0.3 is 10.8 Å². The molecule has 0 saturated heterocycles. The van der Waals surface area contributed by atoms with E-state index in [0.717, 1.165) is 5.92 Å². The van der Waals surface area contributed by atoms with Gasteiger partial charge in [-0.2, -0.15) is 13.2 Å². The van der Waals surface area contributed by atoms with Crippen LogP contribution in [0.5, 0.6) is 0 Å². The summed E-state index contributed by atoms with van der Waals surface area (Å²) in [5, 5.41) is 7.12. The zero-order valence-electron chi connectivity index (χ0n) is 9.47. The Kier molecular flexibility index (Phi) is 5.25. The van der Waals surface area contributed by atoms with Crippen molar-refractivity contribution in [1.82, 2.24) is 0 Å². The lowest BCUT2D eigenvalue weighted by molar-refractivity contribution is -0.192. The molecule has 0 aromatic carbocycles. The summed E-state index contributed by atoms with van der Waals surface area (Å²) >= 11 is 0. The topological polar surface area (TPSA) is 63.3 Å². The maximum atomic E-state index is 10.6. The van der Waals surface area contributed by atoms with Crippen LogP contribution in [0.25, 0.3) is 0 Å². The molecule has 0 bridgehead atoms. The maximum Gasteiger partial charge on any atom is 0.490 e. The Morgan fingerprint density at radius 3 is 2.06 bits per heavy atom. The lowest BCUT2D eigenvalue weighted by Gasteiger charge is -2.35. The van der Waals surface area contributed by atoms with Crippen molar-refractivity contribution in [3.05, 3.63) is 0 Å². The van der Waals surface area contributed by atoms with Crippen molar-refractivity contribution in [2.24, 2.45) is 11.7 Å². The lowest BCUT2D eigenvalue weighted by Crippen LogP contribution is -2.44. The Morgan fingerprint density at radius 1 is 1.44 bits per heavy atom. The fourth-order valence-corrected chi connectivity index (χ4v) is 1.53. The van der Waals surface area contributed by atoms with Gasteiger partial charge >= 0.3 is 12.1 Å². The number of aliphatic carboxylic acids is 1. The fourth-order valence-electron chi connectivity index (χ4n) is 1.53. The van der Waals surface area contributed by atoms with E-state index in [1.165, 1.54) is 25.7 Å². The van der Waals surface area contributed by atoms with E-state index < -0.39 is 12.1 Å². The molecule has 16 heavy (non-hydrogen) atoms. The number of alkyl halides is 3. The number of hydrogen-bond donors (Lipinski definition) is 2. The molecule has 2 unspecified atom stereocenters. The Bertz CT molecular complexity index is 239.